The van der Waals surface area contributed by atoms with Crippen molar-refractivity contribution in [3.05, 3.63) is 106 Å². The molecule has 0 radical (unpaired) electrons. The Morgan fingerprint density at radius 1 is 1.11 bits per heavy atom. The second-order valence-corrected chi connectivity index (χ2v) is 8.22. The molecule has 0 amide bonds. The topological polar surface area (TPSA) is 96.6 Å². The standard InChI is InChI=1S/C29H23N5O2/c1-3-36-23-13-14-24(19(2)15-23)27-21(18-34(33-27)22-9-5-4-6-10-22)16-20(17-30)28-31-26-12-8-7-11-25(26)29(35)32-28/h4-16,18H,3H2,1-2H3,(H,31,32,35)/b20-16+. The number of H-pyrrole nitrogens is 1. The number of aryl methyl sites for hydroxylation is 1. The van der Waals surface area contributed by atoms with E-state index in [4.69, 9.17) is 9.84 Å². The molecular weight excluding hydrogens is 450 g/mol. The molecule has 7 nitrogen and oxygen atoms in total. The van der Waals surface area contributed by atoms with Crippen LogP contribution in [0.15, 0.2) is 83.8 Å². The van der Waals surface area contributed by atoms with Crippen molar-refractivity contribution < 1.29 is 4.74 Å². The zero-order valence-electron chi connectivity index (χ0n) is 19.9. The molecule has 1 N–H and O–H groups in total. The Kier molecular flexibility index (Phi) is 6.16. The molecule has 0 bridgehead atoms. The Hall–Kier alpha value is -4.96. The number of fused-ring (bicyclic) bond motifs is 1. The molecule has 0 fully saturated rings. The van der Waals surface area contributed by atoms with Crippen LogP contribution in [0.5, 0.6) is 5.75 Å². The van der Waals surface area contributed by atoms with E-state index in [-0.39, 0.29) is 17.0 Å². The number of allylic oxidation sites excluding steroid dienone is 1. The van der Waals surface area contributed by atoms with Gasteiger partial charge in [0.1, 0.15) is 17.5 Å². The highest BCUT2D eigenvalue weighted by Gasteiger charge is 2.16. The number of nitrogens with zero attached hydrogens (tertiary/aromatic N) is 4. The first-order valence-corrected chi connectivity index (χ1v) is 11.6. The largest absolute Gasteiger partial charge is 0.494 e. The first-order chi connectivity index (χ1) is 17.6. The van der Waals surface area contributed by atoms with Gasteiger partial charge in [0.05, 0.1) is 28.8 Å². The fourth-order valence-corrected chi connectivity index (χ4v) is 4.10. The summed E-state index contributed by atoms with van der Waals surface area (Å²) in [7, 11) is 0. The van der Waals surface area contributed by atoms with Gasteiger partial charge in [0, 0.05) is 17.3 Å². The lowest BCUT2D eigenvalue weighted by molar-refractivity contribution is 0.340. The molecule has 176 valence electrons. The van der Waals surface area contributed by atoms with Crippen LogP contribution >= 0.6 is 0 Å². The monoisotopic (exact) mass is 473 g/mol. The highest BCUT2D eigenvalue weighted by Crippen LogP contribution is 2.31. The molecular formula is C29H23N5O2. The van der Waals surface area contributed by atoms with Crippen LogP contribution in [0.3, 0.4) is 0 Å². The Morgan fingerprint density at radius 2 is 1.89 bits per heavy atom. The van der Waals surface area contributed by atoms with Gasteiger partial charge in [0.15, 0.2) is 5.82 Å². The zero-order chi connectivity index (χ0) is 25.1. The molecule has 2 heterocycles. The summed E-state index contributed by atoms with van der Waals surface area (Å²) in [5.74, 6) is 0.997. The van der Waals surface area contributed by atoms with Crippen LogP contribution in [0.25, 0.3) is 39.5 Å². The first kappa shape index (κ1) is 22.8. The number of benzene rings is 3. The SMILES string of the molecule is CCOc1ccc(-c2nn(-c3ccccc3)cc2/C=C(\C#N)c2nc3ccccc3c(=O)[nH]2)c(C)c1. The minimum Gasteiger partial charge on any atom is -0.494 e. The summed E-state index contributed by atoms with van der Waals surface area (Å²) >= 11 is 0. The van der Waals surface area contributed by atoms with Gasteiger partial charge in [-0.15, -0.1) is 0 Å². The van der Waals surface area contributed by atoms with Crippen LogP contribution < -0.4 is 10.3 Å². The summed E-state index contributed by atoms with van der Waals surface area (Å²) in [5, 5.41) is 15.4. The van der Waals surface area contributed by atoms with E-state index in [2.05, 4.69) is 16.0 Å². The van der Waals surface area contributed by atoms with Crippen LogP contribution in [0, 0.1) is 18.3 Å². The summed E-state index contributed by atoms with van der Waals surface area (Å²) in [5.41, 5.74) is 4.68. The maximum atomic E-state index is 12.6. The number of rotatable bonds is 6. The molecule has 7 heteroatoms. The number of hydrogen-bond acceptors (Lipinski definition) is 5. The van der Waals surface area contributed by atoms with E-state index in [0.717, 1.165) is 28.1 Å². The van der Waals surface area contributed by atoms with Crippen molar-refractivity contribution in [2.24, 2.45) is 0 Å². The molecule has 0 atom stereocenters. The van der Waals surface area contributed by atoms with Gasteiger partial charge in [-0.1, -0.05) is 30.3 Å². The number of aromatic amines is 1. The van der Waals surface area contributed by atoms with E-state index in [1.165, 1.54) is 0 Å². The predicted octanol–water partition coefficient (Wildman–Crippen LogP) is 5.55. The lowest BCUT2D eigenvalue weighted by Gasteiger charge is -2.08. The van der Waals surface area contributed by atoms with Gasteiger partial charge in [0.25, 0.3) is 5.56 Å². The average Bonchev–Trinajstić information content (AvgIpc) is 3.31. The highest BCUT2D eigenvalue weighted by molar-refractivity contribution is 5.92. The number of nitrogens with one attached hydrogen (secondary N) is 1. The van der Waals surface area contributed by atoms with Crippen LogP contribution in [0.4, 0.5) is 0 Å². The van der Waals surface area contributed by atoms with Gasteiger partial charge in [-0.3, -0.25) is 4.79 Å². The Labute approximate surface area is 207 Å². The molecule has 5 aromatic rings. The lowest BCUT2D eigenvalue weighted by Crippen LogP contribution is -2.11. The quantitative estimate of drug-likeness (QED) is 0.326. The summed E-state index contributed by atoms with van der Waals surface area (Å²) in [6, 6.07) is 24.9. The molecule has 0 unspecified atom stereocenters. The third kappa shape index (κ3) is 4.40. The van der Waals surface area contributed by atoms with Gasteiger partial charge in [-0.05, 0) is 68.0 Å². The van der Waals surface area contributed by atoms with Crippen LogP contribution in [-0.4, -0.2) is 26.4 Å². The fraction of sp³-hybridized carbons (Fsp3) is 0.103. The predicted molar refractivity (Wildman–Crippen MR) is 141 cm³/mol. The van der Waals surface area contributed by atoms with E-state index < -0.39 is 0 Å². The maximum Gasteiger partial charge on any atom is 0.259 e. The number of ether oxygens (including phenoxy) is 1. The second kappa shape index (κ2) is 9.72. The lowest BCUT2D eigenvalue weighted by atomic mass is 10.0. The fourth-order valence-electron chi connectivity index (χ4n) is 4.10. The van der Waals surface area contributed by atoms with Crippen molar-refractivity contribution >= 4 is 22.6 Å². The molecule has 36 heavy (non-hydrogen) atoms. The van der Waals surface area contributed by atoms with Gasteiger partial charge in [0.2, 0.25) is 0 Å². The molecule has 0 aliphatic rings. The third-order valence-electron chi connectivity index (χ3n) is 5.82. The highest BCUT2D eigenvalue weighted by atomic mass is 16.5. The van der Waals surface area contributed by atoms with Crippen molar-refractivity contribution in [2.45, 2.75) is 13.8 Å². The van der Waals surface area contributed by atoms with Gasteiger partial charge < -0.3 is 9.72 Å². The van der Waals surface area contributed by atoms with Crippen LogP contribution in [-0.2, 0) is 0 Å². The van der Waals surface area contributed by atoms with Crippen molar-refractivity contribution in [3.63, 3.8) is 0 Å². The Bertz CT molecular complexity index is 1690. The molecule has 0 saturated heterocycles. The van der Waals surface area contributed by atoms with Crippen molar-refractivity contribution in [1.29, 1.82) is 5.26 Å². The molecule has 2 aromatic heterocycles. The number of nitriles is 1. The second-order valence-electron chi connectivity index (χ2n) is 8.22. The van der Waals surface area contributed by atoms with Crippen LogP contribution in [0.1, 0.15) is 23.9 Å². The van der Waals surface area contributed by atoms with E-state index in [1.807, 2.05) is 74.6 Å². The molecule has 0 aliphatic heterocycles. The van der Waals surface area contributed by atoms with Gasteiger partial charge in [-0.2, -0.15) is 10.4 Å². The minimum absolute atomic E-state index is 0.211. The molecule has 0 aliphatic carbocycles. The zero-order valence-corrected chi connectivity index (χ0v) is 19.9. The normalized spacial score (nSPS) is 11.4. The van der Waals surface area contributed by atoms with Gasteiger partial charge >= 0.3 is 0 Å². The molecule has 0 saturated carbocycles. The summed E-state index contributed by atoms with van der Waals surface area (Å²) in [6.45, 7) is 4.53. The minimum atomic E-state index is -0.292. The molecule has 5 rings (SSSR count). The van der Waals surface area contributed by atoms with Crippen molar-refractivity contribution in [1.82, 2.24) is 19.7 Å². The van der Waals surface area contributed by atoms with Crippen molar-refractivity contribution in [2.75, 3.05) is 6.61 Å². The smallest absolute Gasteiger partial charge is 0.259 e. The number of aromatic nitrogens is 4. The summed E-state index contributed by atoms with van der Waals surface area (Å²) < 4.78 is 7.43. The molecule has 3 aromatic carbocycles. The van der Waals surface area contributed by atoms with E-state index in [0.29, 0.717) is 23.2 Å². The summed E-state index contributed by atoms with van der Waals surface area (Å²) in [6.07, 6.45) is 3.59. The van der Waals surface area contributed by atoms with E-state index >= 15 is 0 Å². The third-order valence-corrected chi connectivity index (χ3v) is 5.82. The summed E-state index contributed by atoms with van der Waals surface area (Å²) in [4.78, 5) is 19.9. The van der Waals surface area contributed by atoms with Crippen molar-refractivity contribution in [3.8, 4) is 28.8 Å². The van der Waals surface area contributed by atoms with Gasteiger partial charge in [-0.25, -0.2) is 9.67 Å². The number of para-hydroxylation sites is 2. The average molecular weight is 474 g/mol. The van der Waals surface area contributed by atoms with E-state index in [1.54, 1.807) is 29.0 Å². The number of hydrogen-bond donors (Lipinski definition) is 1. The Balaban J connectivity index is 1.68. The Morgan fingerprint density at radius 3 is 2.64 bits per heavy atom. The van der Waals surface area contributed by atoms with Crippen LogP contribution in [0.2, 0.25) is 0 Å². The molecule has 0 spiro atoms. The first-order valence-electron chi connectivity index (χ1n) is 11.6. The maximum absolute atomic E-state index is 12.6. The van der Waals surface area contributed by atoms with E-state index in [9.17, 15) is 10.1 Å².